The number of pyridine rings is 1. The van der Waals surface area contributed by atoms with Crippen LogP contribution in [0.3, 0.4) is 0 Å². The molecule has 0 unspecified atom stereocenters. The minimum atomic E-state index is -0.439. The highest BCUT2D eigenvalue weighted by molar-refractivity contribution is 6.35. The standard InChI is InChI=1S/C13H12ClNO3/c1-8-5-6-15-13-10(18-7-11(16)17-2)4-3-9(14)12(8)13/h3-6H,7H2,1-2H3. The van der Waals surface area contributed by atoms with E-state index in [1.165, 1.54) is 7.11 Å². The first-order valence-electron chi connectivity index (χ1n) is 5.37. The molecule has 0 spiro atoms. The second-order valence-electron chi connectivity index (χ2n) is 3.76. The summed E-state index contributed by atoms with van der Waals surface area (Å²) in [4.78, 5) is 15.3. The summed E-state index contributed by atoms with van der Waals surface area (Å²) >= 11 is 6.14. The van der Waals surface area contributed by atoms with Gasteiger partial charge in [0.15, 0.2) is 6.61 Å². The number of hydrogen-bond donors (Lipinski definition) is 0. The van der Waals surface area contributed by atoms with Gasteiger partial charge in [0, 0.05) is 11.6 Å². The molecule has 2 rings (SSSR count). The average molecular weight is 266 g/mol. The number of benzene rings is 1. The number of ether oxygens (including phenoxy) is 2. The molecule has 1 aromatic carbocycles. The number of carbonyl (C=O) groups is 1. The molecule has 0 saturated carbocycles. The zero-order valence-corrected chi connectivity index (χ0v) is 10.8. The third-order valence-corrected chi connectivity index (χ3v) is 2.90. The maximum atomic E-state index is 11.1. The van der Waals surface area contributed by atoms with Gasteiger partial charge in [-0.15, -0.1) is 0 Å². The maximum Gasteiger partial charge on any atom is 0.343 e. The Morgan fingerprint density at radius 2 is 2.17 bits per heavy atom. The van der Waals surface area contributed by atoms with Crippen molar-refractivity contribution in [2.24, 2.45) is 0 Å². The van der Waals surface area contributed by atoms with Gasteiger partial charge in [-0.25, -0.2) is 4.79 Å². The molecule has 0 N–H and O–H groups in total. The van der Waals surface area contributed by atoms with Gasteiger partial charge in [-0.1, -0.05) is 11.6 Å². The van der Waals surface area contributed by atoms with E-state index in [4.69, 9.17) is 16.3 Å². The van der Waals surface area contributed by atoms with Crippen LogP contribution < -0.4 is 4.74 Å². The van der Waals surface area contributed by atoms with Crippen molar-refractivity contribution < 1.29 is 14.3 Å². The van der Waals surface area contributed by atoms with Crippen LogP contribution in [-0.2, 0) is 9.53 Å². The number of fused-ring (bicyclic) bond motifs is 1. The van der Waals surface area contributed by atoms with Gasteiger partial charge >= 0.3 is 5.97 Å². The molecule has 18 heavy (non-hydrogen) atoms. The van der Waals surface area contributed by atoms with E-state index in [0.29, 0.717) is 16.3 Å². The van der Waals surface area contributed by atoms with Crippen LogP contribution in [-0.4, -0.2) is 24.7 Å². The minimum Gasteiger partial charge on any atom is -0.480 e. The van der Waals surface area contributed by atoms with E-state index in [9.17, 15) is 4.79 Å². The Hall–Kier alpha value is -1.81. The summed E-state index contributed by atoms with van der Waals surface area (Å²) < 4.78 is 9.91. The van der Waals surface area contributed by atoms with Crippen molar-refractivity contribution in [2.45, 2.75) is 6.92 Å². The van der Waals surface area contributed by atoms with Gasteiger partial charge in [0.05, 0.1) is 12.1 Å². The Bertz CT molecular complexity index is 590. The number of hydrogen-bond acceptors (Lipinski definition) is 4. The monoisotopic (exact) mass is 265 g/mol. The fraction of sp³-hybridized carbons (Fsp3) is 0.231. The third kappa shape index (κ3) is 2.38. The minimum absolute atomic E-state index is 0.150. The zero-order chi connectivity index (χ0) is 13.1. The van der Waals surface area contributed by atoms with Gasteiger partial charge < -0.3 is 9.47 Å². The van der Waals surface area contributed by atoms with Crippen molar-refractivity contribution in [3.8, 4) is 5.75 Å². The second-order valence-corrected chi connectivity index (χ2v) is 4.17. The molecule has 5 heteroatoms. The Morgan fingerprint density at radius 1 is 1.39 bits per heavy atom. The molecule has 0 atom stereocenters. The summed E-state index contributed by atoms with van der Waals surface area (Å²) in [6, 6.07) is 5.30. The summed E-state index contributed by atoms with van der Waals surface area (Å²) in [5, 5.41) is 1.45. The summed E-state index contributed by atoms with van der Waals surface area (Å²) in [6.07, 6.45) is 1.68. The Morgan fingerprint density at radius 3 is 2.89 bits per heavy atom. The number of carbonyl (C=O) groups excluding carboxylic acids is 1. The molecule has 2 aromatic rings. The summed E-state index contributed by atoms with van der Waals surface area (Å²) in [7, 11) is 1.31. The van der Waals surface area contributed by atoms with Crippen LogP contribution in [0.4, 0.5) is 0 Å². The van der Waals surface area contributed by atoms with Crippen LogP contribution in [0.1, 0.15) is 5.56 Å². The van der Waals surface area contributed by atoms with Gasteiger partial charge in [0.2, 0.25) is 0 Å². The molecule has 1 aromatic heterocycles. The highest BCUT2D eigenvalue weighted by Gasteiger charge is 2.10. The second kappa shape index (κ2) is 5.23. The Kier molecular flexibility index (Phi) is 3.67. The summed E-state index contributed by atoms with van der Waals surface area (Å²) in [6.45, 7) is 1.79. The third-order valence-electron chi connectivity index (χ3n) is 2.59. The van der Waals surface area contributed by atoms with E-state index in [1.54, 1.807) is 18.3 Å². The normalized spacial score (nSPS) is 10.4. The Labute approximate surface area is 109 Å². The number of halogens is 1. The maximum absolute atomic E-state index is 11.1. The van der Waals surface area contributed by atoms with E-state index >= 15 is 0 Å². The molecule has 1 heterocycles. The predicted octanol–water partition coefficient (Wildman–Crippen LogP) is 2.75. The van der Waals surface area contributed by atoms with Crippen LogP contribution >= 0.6 is 11.6 Å². The molecule has 0 aliphatic heterocycles. The predicted molar refractivity (Wildman–Crippen MR) is 69.0 cm³/mol. The molecule has 0 saturated heterocycles. The number of rotatable bonds is 3. The lowest BCUT2D eigenvalue weighted by atomic mass is 10.1. The zero-order valence-electron chi connectivity index (χ0n) is 10.1. The van der Waals surface area contributed by atoms with Crippen molar-refractivity contribution in [3.05, 3.63) is 35.0 Å². The topological polar surface area (TPSA) is 48.4 Å². The molecule has 4 nitrogen and oxygen atoms in total. The van der Waals surface area contributed by atoms with E-state index in [-0.39, 0.29) is 6.61 Å². The first-order valence-corrected chi connectivity index (χ1v) is 5.74. The molecule has 94 valence electrons. The fourth-order valence-corrected chi connectivity index (χ4v) is 1.97. The number of methoxy groups -OCH3 is 1. The Balaban J connectivity index is 2.43. The molecule has 0 fully saturated rings. The lowest BCUT2D eigenvalue weighted by molar-refractivity contribution is -0.142. The van der Waals surface area contributed by atoms with Crippen LogP contribution in [0, 0.1) is 6.92 Å². The van der Waals surface area contributed by atoms with Crippen LogP contribution in [0.5, 0.6) is 5.75 Å². The lowest BCUT2D eigenvalue weighted by Gasteiger charge is -2.10. The average Bonchev–Trinajstić information content (AvgIpc) is 2.37. The lowest BCUT2D eigenvalue weighted by Crippen LogP contribution is -2.12. The SMILES string of the molecule is COC(=O)COc1ccc(Cl)c2c(C)ccnc12. The molecular weight excluding hydrogens is 254 g/mol. The summed E-state index contributed by atoms with van der Waals surface area (Å²) in [5.41, 5.74) is 1.65. The molecule has 0 aliphatic rings. The van der Waals surface area contributed by atoms with Gasteiger partial charge in [0.25, 0.3) is 0 Å². The van der Waals surface area contributed by atoms with Gasteiger partial charge in [-0.05, 0) is 30.7 Å². The van der Waals surface area contributed by atoms with Crippen molar-refractivity contribution in [1.82, 2.24) is 4.98 Å². The van der Waals surface area contributed by atoms with Gasteiger partial charge in [-0.3, -0.25) is 4.98 Å². The molecule has 0 amide bonds. The molecule has 0 bridgehead atoms. The first-order chi connectivity index (χ1) is 8.63. The molecule has 0 radical (unpaired) electrons. The fourth-order valence-electron chi connectivity index (χ4n) is 1.67. The molecular formula is C13H12ClNO3. The first kappa shape index (κ1) is 12.6. The number of aromatic nitrogens is 1. The van der Waals surface area contributed by atoms with E-state index < -0.39 is 5.97 Å². The quantitative estimate of drug-likeness (QED) is 0.801. The van der Waals surface area contributed by atoms with Crippen molar-refractivity contribution in [1.29, 1.82) is 0 Å². The van der Waals surface area contributed by atoms with Crippen molar-refractivity contribution in [2.75, 3.05) is 13.7 Å². The van der Waals surface area contributed by atoms with Crippen molar-refractivity contribution in [3.63, 3.8) is 0 Å². The van der Waals surface area contributed by atoms with E-state index in [1.807, 2.05) is 13.0 Å². The van der Waals surface area contributed by atoms with Crippen LogP contribution in [0.15, 0.2) is 24.4 Å². The van der Waals surface area contributed by atoms with E-state index in [0.717, 1.165) is 10.9 Å². The van der Waals surface area contributed by atoms with Gasteiger partial charge in [0.1, 0.15) is 11.3 Å². The number of nitrogens with zero attached hydrogens (tertiary/aromatic N) is 1. The van der Waals surface area contributed by atoms with E-state index in [2.05, 4.69) is 9.72 Å². The van der Waals surface area contributed by atoms with Gasteiger partial charge in [-0.2, -0.15) is 0 Å². The largest absolute Gasteiger partial charge is 0.480 e. The van der Waals surface area contributed by atoms with Crippen LogP contribution in [0.25, 0.3) is 10.9 Å². The van der Waals surface area contributed by atoms with Crippen molar-refractivity contribution >= 4 is 28.5 Å². The number of esters is 1. The summed E-state index contributed by atoms with van der Waals surface area (Å²) in [5.74, 6) is 0.0780. The number of aryl methyl sites for hydroxylation is 1. The van der Waals surface area contributed by atoms with Crippen LogP contribution in [0.2, 0.25) is 5.02 Å². The molecule has 0 aliphatic carbocycles. The smallest absolute Gasteiger partial charge is 0.343 e. The highest BCUT2D eigenvalue weighted by Crippen LogP contribution is 2.31. The highest BCUT2D eigenvalue weighted by atomic mass is 35.5.